The highest BCUT2D eigenvalue weighted by molar-refractivity contribution is 9.10. The highest BCUT2D eigenvalue weighted by Gasteiger charge is 2.25. The predicted molar refractivity (Wildman–Crippen MR) is 113 cm³/mol. The zero-order valence-corrected chi connectivity index (χ0v) is 17.6. The molecule has 0 aliphatic carbocycles. The summed E-state index contributed by atoms with van der Waals surface area (Å²) in [4.78, 5) is 26.7. The Hall–Kier alpha value is -2.34. The van der Waals surface area contributed by atoms with Crippen LogP contribution >= 0.6 is 15.9 Å². The Kier molecular flexibility index (Phi) is 7.09. The molecule has 6 heteroatoms. The minimum absolute atomic E-state index is 0.00706. The van der Waals surface area contributed by atoms with Crippen molar-refractivity contribution >= 4 is 27.7 Å². The highest BCUT2D eigenvalue weighted by atomic mass is 79.9. The van der Waals surface area contributed by atoms with Crippen molar-refractivity contribution in [1.82, 2.24) is 10.2 Å². The van der Waals surface area contributed by atoms with E-state index in [4.69, 9.17) is 4.74 Å². The Bertz CT molecular complexity index is 832. The molecule has 0 spiro atoms. The number of aryl methyl sites for hydroxylation is 1. The van der Waals surface area contributed by atoms with Crippen LogP contribution in [0.3, 0.4) is 0 Å². The Morgan fingerprint density at radius 2 is 1.79 bits per heavy atom. The fourth-order valence-corrected chi connectivity index (χ4v) is 3.84. The third-order valence-corrected chi connectivity index (χ3v) is 5.66. The number of nitrogens with one attached hydrogen (secondary N) is 1. The zero-order chi connectivity index (χ0) is 19.9. The van der Waals surface area contributed by atoms with Gasteiger partial charge in [-0.2, -0.15) is 0 Å². The van der Waals surface area contributed by atoms with Crippen molar-refractivity contribution in [3.63, 3.8) is 0 Å². The van der Waals surface area contributed by atoms with Gasteiger partial charge in [-0.25, -0.2) is 0 Å². The summed E-state index contributed by atoms with van der Waals surface area (Å²) in [5, 5.41) is 3.03. The maximum Gasteiger partial charge on any atom is 0.258 e. The molecule has 5 nitrogen and oxygen atoms in total. The Morgan fingerprint density at radius 3 is 2.50 bits per heavy atom. The summed E-state index contributed by atoms with van der Waals surface area (Å²) in [5.74, 6) is 0.659. The number of piperidine rings is 1. The van der Waals surface area contributed by atoms with Crippen molar-refractivity contribution in [2.45, 2.75) is 32.2 Å². The molecule has 1 fully saturated rings. The van der Waals surface area contributed by atoms with Crippen LogP contribution in [0, 0.1) is 0 Å². The lowest BCUT2D eigenvalue weighted by atomic mass is 10.0. The van der Waals surface area contributed by atoms with Crippen molar-refractivity contribution in [2.24, 2.45) is 0 Å². The van der Waals surface area contributed by atoms with Crippen LogP contribution in [-0.2, 0) is 11.2 Å². The molecule has 1 heterocycles. The summed E-state index contributed by atoms with van der Waals surface area (Å²) in [6.45, 7) is 3.33. The van der Waals surface area contributed by atoms with E-state index >= 15 is 0 Å². The molecule has 148 valence electrons. The number of hydrogen-bond acceptors (Lipinski definition) is 3. The van der Waals surface area contributed by atoms with E-state index in [0.717, 1.165) is 35.0 Å². The smallest absolute Gasteiger partial charge is 0.258 e. The largest absolute Gasteiger partial charge is 0.483 e. The van der Waals surface area contributed by atoms with Crippen molar-refractivity contribution in [3.05, 3.63) is 64.1 Å². The number of ether oxygens (including phenoxy) is 1. The number of likely N-dealkylation sites (tertiary alicyclic amines) is 1. The molecule has 0 atom stereocenters. The molecular formula is C22H25BrN2O3. The summed E-state index contributed by atoms with van der Waals surface area (Å²) in [7, 11) is 0. The Labute approximate surface area is 174 Å². The molecule has 1 N–H and O–H groups in total. The van der Waals surface area contributed by atoms with Gasteiger partial charge in [-0.3, -0.25) is 9.59 Å². The van der Waals surface area contributed by atoms with Gasteiger partial charge < -0.3 is 15.0 Å². The summed E-state index contributed by atoms with van der Waals surface area (Å²) >= 11 is 3.44. The normalized spacial score (nSPS) is 14.6. The van der Waals surface area contributed by atoms with E-state index in [1.165, 1.54) is 0 Å². The second-order valence-electron chi connectivity index (χ2n) is 6.86. The molecule has 0 saturated carbocycles. The van der Waals surface area contributed by atoms with Gasteiger partial charge >= 0.3 is 0 Å². The third kappa shape index (κ3) is 5.13. The van der Waals surface area contributed by atoms with E-state index in [1.54, 1.807) is 0 Å². The van der Waals surface area contributed by atoms with Crippen LogP contribution in [-0.4, -0.2) is 42.5 Å². The minimum atomic E-state index is -0.124. The second kappa shape index (κ2) is 9.73. The number of halogens is 1. The van der Waals surface area contributed by atoms with Crippen molar-refractivity contribution in [2.75, 3.05) is 19.7 Å². The van der Waals surface area contributed by atoms with Crippen LogP contribution in [0.15, 0.2) is 53.0 Å². The molecule has 1 aliphatic heterocycles. The van der Waals surface area contributed by atoms with Crippen LogP contribution in [0.25, 0.3) is 0 Å². The standard InChI is InChI=1S/C22H25BrN2O3/c1-2-16-7-3-6-10-20(16)28-15-21(26)24-17-11-13-25(14-12-17)22(27)18-8-4-5-9-19(18)23/h3-10,17H,2,11-15H2,1H3,(H,24,26). The molecule has 2 aromatic rings. The van der Waals surface area contributed by atoms with E-state index in [2.05, 4.69) is 28.2 Å². The lowest BCUT2D eigenvalue weighted by Crippen LogP contribution is -2.47. The van der Waals surface area contributed by atoms with Crippen molar-refractivity contribution < 1.29 is 14.3 Å². The van der Waals surface area contributed by atoms with Gasteiger partial charge in [0.1, 0.15) is 5.75 Å². The maximum absolute atomic E-state index is 12.7. The molecule has 2 amide bonds. The Balaban J connectivity index is 1.46. The molecule has 1 saturated heterocycles. The van der Waals surface area contributed by atoms with Gasteiger partial charge in [0.2, 0.25) is 0 Å². The first kappa shape index (κ1) is 20.4. The number of nitrogens with zero attached hydrogens (tertiary/aromatic N) is 1. The molecule has 0 radical (unpaired) electrons. The summed E-state index contributed by atoms with van der Waals surface area (Å²) < 4.78 is 6.49. The van der Waals surface area contributed by atoms with E-state index in [-0.39, 0.29) is 24.5 Å². The Morgan fingerprint density at radius 1 is 1.11 bits per heavy atom. The molecule has 2 aromatic carbocycles. The second-order valence-corrected chi connectivity index (χ2v) is 7.72. The number of para-hydroxylation sites is 1. The van der Waals surface area contributed by atoms with E-state index in [9.17, 15) is 9.59 Å². The molecule has 3 rings (SSSR count). The third-order valence-electron chi connectivity index (χ3n) is 4.96. The van der Waals surface area contributed by atoms with Crippen LogP contribution in [0.5, 0.6) is 5.75 Å². The first-order valence-corrected chi connectivity index (χ1v) is 10.4. The first-order chi connectivity index (χ1) is 13.6. The molecule has 1 aliphatic rings. The molecule has 0 aromatic heterocycles. The van der Waals surface area contributed by atoms with Gasteiger partial charge in [0, 0.05) is 23.6 Å². The number of carbonyl (C=O) groups excluding carboxylic acids is 2. The van der Waals surface area contributed by atoms with Gasteiger partial charge in [0.25, 0.3) is 11.8 Å². The van der Waals surface area contributed by atoms with Crippen molar-refractivity contribution in [1.29, 1.82) is 0 Å². The average molecular weight is 445 g/mol. The van der Waals surface area contributed by atoms with Crippen LogP contribution in [0.1, 0.15) is 35.7 Å². The molecule has 0 bridgehead atoms. The fraction of sp³-hybridized carbons (Fsp3) is 0.364. The quantitative estimate of drug-likeness (QED) is 0.736. The van der Waals surface area contributed by atoms with Gasteiger partial charge in [0.15, 0.2) is 6.61 Å². The number of rotatable bonds is 6. The number of benzene rings is 2. The zero-order valence-electron chi connectivity index (χ0n) is 16.0. The van der Waals surface area contributed by atoms with Gasteiger partial charge in [-0.15, -0.1) is 0 Å². The van der Waals surface area contributed by atoms with Gasteiger partial charge in [0.05, 0.1) is 5.56 Å². The first-order valence-electron chi connectivity index (χ1n) is 9.62. The number of amides is 2. The summed E-state index contributed by atoms with van der Waals surface area (Å²) in [6, 6.07) is 15.3. The maximum atomic E-state index is 12.7. The average Bonchev–Trinajstić information content (AvgIpc) is 2.73. The van der Waals surface area contributed by atoms with E-state index in [1.807, 2.05) is 53.4 Å². The fourth-order valence-electron chi connectivity index (χ4n) is 3.38. The lowest BCUT2D eigenvalue weighted by molar-refractivity contribution is -0.124. The monoisotopic (exact) mass is 444 g/mol. The molecule has 28 heavy (non-hydrogen) atoms. The van der Waals surface area contributed by atoms with E-state index in [0.29, 0.717) is 18.7 Å². The van der Waals surface area contributed by atoms with Gasteiger partial charge in [-0.05, 0) is 59.0 Å². The van der Waals surface area contributed by atoms with Crippen LogP contribution < -0.4 is 10.1 Å². The van der Waals surface area contributed by atoms with Crippen LogP contribution in [0.4, 0.5) is 0 Å². The van der Waals surface area contributed by atoms with Gasteiger partial charge in [-0.1, -0.05) is 37.3 Å². The van der Waals surface area contributed by atoms with Crippen LogP contribution in [0.2, 0.25) is 0 Å². The summed E-state index contributed by atoms with van der Waals surface area (Å²) in [6.07, 6.45) is 2.35. The molecular weight excluding hydrogens is 420 g/mol. The number of carbonyl (C=O) groups is 2. The van der Waals surface area contributed by atoms with E-state index < -0.39 is 0 Å². The highest BCUT2D eigenvalue weighted by Crippen LogP contribution is 2.21. The number of hydrogen-bond donors (Lipinski definition) is 1. The SMILES string of the molecule is CCc1ccccc1OCC(=O)NC1CCN(C(=O)c2ccccc2Br)CC1. The lowest BCUT2D eigenvalue weighted by Gasteiger charge is -2.32. The predicted octanol–water partition coefficient (Wildman–Crippen LogP) is 3.81. The summed E-state index contributed by atoms with van der Waals surface area (Å²) in [5.41, 5.74) is 1.77. The minimum Gasteiger partial charge on any atom is -0.483 e. The molecule has 0 unspecified atom stereocenters. The topological polar surface area (TPSA) is 58.6 Å². The van der Waals surface area contributed by atoms with Crippen molar-refractivity contribution in [3.8, 4) is 5.75 Å².